The van der Waals surface area contributed by atoms with Crippen molar-refractivity contribution in [3.8, 4) is 0 Å². The van der Waals surface area contributed by atoms with Crippen molar-refractivity contribution in [2.75, 3.05) is 11.4 Å². The lowest BCUT2D eigenvalue weighted by molar-refractivity contribution is 0.0954. The number of aromatic nitrogens is 2. The van der Waals surface area contributed by atoms with Gasteiger partial charge in [-0.1, -0.05) is 30.3 Å². The Morgan fingerprint density at radius 1 is 1.17 bits per heavy atom. The molecule has 114 valence electrons. The Hall–Kier alpha value is -2.95. The number of hydrogen-bond acceptors (Lipinski definition) is 4. The molecule has 1 aliphatic heterocycles. The van der Waals surface area contributed by atoms with Crippen molar-refractivity contribution in [3.63, 3.8) is 0 Å². The largest absolute Gasteiger partial charge is 0.437 e. The molecule has 1 aromatic carbocycles. The van der Waals surface area contributed by atoms with Gasteiger partial charge in [-0.15, -0.1) is 0 Å². The van der Waals surface area contributed by atoms with Gasteiger partial charge in [0.1, 0.15) is 5.76 Å². The number of oxazole rings is 1. The molecule has 5 nitrogen and oxygen atoms in total. The molecule has 0 spiro atoms. The summed E-state index contributed by atoms with van der Waals surface area (Å²) in [5.41, 5.74) is 3.10. The van der Waals surface area contributed by atoms with Gasteiger partial charge < -0.3 is 9.32 Å². The molecule has 3 aromatic rings. The molecule has 4 rings (SSSR count). The van der Waals surface area contributed by atoms with E-state index in [1.807, 2.05) is 36.4 Å². The third-order valence-electron chi connectivity index (χ3n) is 3.99. The van der Waals surface area contributed by atoms with Gasteiger partial charge in [0.05, 0.1) is 18.1 Å². The highest BCUT2D eigenvalue weighted by Crippen LogP contribution is 2.28. The fourth-order valence-electron chi connectivity index (χ4n) is 2.83. The van der Waals surface area contributed by atoms with E-state index in [0.29, 0.717) is 18.7 Å². The van der Waals surface area contributed by atoms with Crippen molar-refractivity contribution in [2.24, 2.45) is 0 Å². The second-order valence-corrected chi connectivity index (χ2v) is 5.51. The number of amides is 1. The summed E-state index contributed by atoms with van der Waals surface area (Å²) in [6.45, 7) is 0.635. The molecular formula is C18H15N3O2. The third-order valence-corrected chi connectivity index (χ3v) is 3.99. The van der Waals surface area contributed by atoms with Gasteiger partial charge >= 0.3 is 5.91 Å². The predicted octanol–water partition coefficient (Wildman–Crippen LogP) is 2.86. The molecule has 1 amide bonds. The van der Waals surface area contributed by atoms with Gasteiger partial charge in [-0.25, -0.2) is 4.98 Å². The maximum atomic E-state index is 12.6. The minimum absolute atomic E-state index is 0.132. The monoisotopic (exact) mass is 305 g/mol. The quantitative estimate of drug-likeness (QED) is 0.746. The molecule has 23 heavy (non-hydrogen) atoms. The molecule has 0 bridgehead atoms. The van der Waals surface area contributed by atoms with Crippen LogP contribution in [0.15, 0.2) is 59.4 Å². The molecule has 5 heteroatoms. The van der Waals surface area contributed by atoms with E-state index < -0.39 is 0 Å². The number of benzene rings is 1. The number of fused-ring (bicyclic) bond motifs is 1. The second-order valence-electron chi connectivity index (χ2n) is 5.51. The Kier molecular flexibility index (Phi) is 3.38. The van der Waals surface area contributed by atoms with Crippen LogP contribution in [0.1, 0.15) is 27.6 Å². The Morgan fingerprint density at radius 2 is 2.04 bits per heavy atom. The van der Waals surface area contributed by atoms with Crippen LogP contribution in [0.4, 0.5) is 5.69 Å². The second kappa shape index (κ2) is 5.68. The molecule has 2 aromatic heterocycles. The highest BCUT2D eigenvalue weighted by molar-refractivity contribution is 6.04. The van der Waals surface area contributed by atoms with E-state index in [2.05, 4.69) is 9.97 Å². The zero-order valence-electron chi connectivity index (χ0n) is 12.5. The molecule has 0 unspecified atom stereocenters. The zero-order valence-corrected chi connectivity index (χ0v) is 12.5. The van der Waals surface area contributed by atoms with Crippen LogP contribution >= 0.6 is 0 Å². The predicted molar refractivity (Wildman–Crippen MR) is 85.4 cm³/mol. The van der Waals surface area contributed by atoms with Crippen molar-refractivity contribution in [1.82, 2.24) is 9.97 Å². The van der Waals surface area contributed by atoms with E-state index in [-0.39, 0.29) is 11.8 Å². The standard InChI is InChI=1S/C18H15N3O2/c22-18(21-9-7-14-6-8-19-12-16(14)21)17-20-11-15(23-17)10-13-4-2-1-3-5-13/h1-6,8,11-12H,7,9-10H2. The molecule has 0 radical (unpaired) electrons. The van der Waals surface area contributed by atoms with E-state index in [1.54, 1.807) is 23.5 Å². The molecule has 3 heterocycles. The van der Waals surface area contributed by atoms with Gasteiger partial charge in [-0.2, -0.15) is 0 Å². The number of carbonyl (C=O) groups is 1. The minimum atomic E-state index is -0.212. The van der Waals surface area contributed by atoms with Crippen LogP contribution in [0.3, 0.4) is 0 Å². The smallest absolute Gasteiger partial charge is 0.314 e. The molecule has 0 atom stereocenters. The maximum Gasteiger partial charge on any atom is 0.314 e. The van der Waals surface area contributed by atoms with Crippen LogP contribution in [0.25, 0.3) is 0 Å². The van der Waals surface area contributed by atoms with Gasteiger partial charge in [-0.05, 0) is 23.6 Å². The first-order valence-electron chi connectivity index (χ1n) is 7.54. The van der Waals surface area contributed by atoms with Crippen molar-refractivity contribution >= 4 is 11.6 Å². The first-order valence-corrected chi connectivity index (χ1v) is 7.54. The Morgan fingerprint density at radius 3 is 2.91 bits per heavy atom. The number of hydrogen-bond donors (Lipinski definition) is 0. The number of pyridine rings is 1. The fraction of sp³-hybridized carbons (Fsp3) is 0.167. The lowest BCUT2D eigenvalue weighted by Gasteiger charge is -2.14. The molecule has 0 N–H and O–H groups in total. The summed E-state index contributed by atoms with van der Waals surface area (Å²) >= 11 is 0. The van der Waals surface area contributed by atoms with E-state index in [0.717, 1.165) is 23.2 Å². The lowest BCUT2D eigenvalue weighted by atomic mass is 10.1. The summed E-state index contributed by atoms with van der Waals surface area (Å²) in [4.78, 5) is 22.5. The van der Waals surface area contributed by atoms with Gasteiger partial charge in [0, 0.05) is 19.2 Å². The Bertz CT molecular complexity index is 842. The maximum absolute atomic E-state index is 12.6. The zero-order chi connectivity index (χ0) is 15.6. The molecule has 1 aliphatic rings. The van der Waals surface area contributed by atoms with E-state index >= 15 is 0 Å². The normalized spacial score (nSPS) is 13.1. The third kappa shape index (κ3) is 2.61. The number of nitrogens with zero attached hydrogens (tertiary/aromatic N) is 3. The summed E-state index contributed by atoms with van der Waals surface area (Å²) in [5, 5.41) is 0. The number of rotatable bonds is 3. The minimum Gasteiger partial charge on any atom is -0.437 e. The summed E-state index contributed by atoms with van der Waals surface area (Å²) in [6.07, 6.45) is 6.55. The van der Waals surface area contributed by atoms with Crippen molar-refractivity contribution in [3.05, 3.63) is 77.8 Å². The summed E-state index contributed by atoms with van der Waals surface area (Å²) in [7, 11) is 0. The van der Waals surface area contributed by atoms with Crippen molar-refractivity contribution in [2.45, 2.75) is 12.8 Å². The van der Waals surface area contributed by atoms with Gasteiger partial charge in [0.15, 0.2) is 0 Å². The summed E-state index contributed by atoms with van der Waals surface area (Å²) in [5.74, 6) is 0.605. The van der Waals surface area contributed by atoms with E-state index in [9.17, 15) is 4.79 Å². The van der Waals surface area contributed by atoms with E-state index in [4.69, 9.17) is 4.42 Å². The Balaban J connectivity index is 1.54. The highest BCUT2D eigenvalue weighted by Gasteiger charge is 2.28. The highest BCUT2D eigenvalue weighted by atomic mass is 16.4. The fourth-order valence-corrected chi connectivity index (χ4v) is 2.83. The van der Waals surface area contributed by atoms with E-state index in [1.165, 1.54) is 0 Å². The number of carbonyl (C=O) groups excluding carboxylic acids is 1. The average molecular weight is 305 g/mol. The van der Waals surface area contributed by atoms with Crippen molar-refractivity contribution < 1.29 is 9.21 Å². The van der Waals surface area contributed by atoms with Crippen LogP contribution in [-0.2, 0) is 12.8 Å². The molecule has 0 saturated heterocycles. The van der Waals surface area contributed by atoms with Gasteiger partial charge in [0.2, 0.25) is 0 Å². The van der Waals surface area contributed by atoms with Crippen LogP contribution in [0.2, 0.25) is 0 Å². The Labute approximate surface area is 133 Å². The molecule has 0 aliphatic carbocycles. The molecule has 0 fully saturated rings. The lowest BCUT2D eigenvalue weighted by Crippen LogP contribution is -2.29. The van der Waals surface area contributed by atoms with Crippen molar-refractivity contribution in [1.29, 1.82) is 0 Å². The van der Waals surface area contributed by atoms with Gasteiger partial charge in [-0.3, -0.25) is 9.78 Å². The molecule has 0 saturated carbocycles. The summed E-state index contributed by atoms with van der Waals surface area (Å²) < 4.78 is 5.65. The van der Waals surface area contributed by atoms with Crippen LogP contribution in [0, 0.1) is 0 Å². The first-order chi connectivity index (χ1) is 11.3. The SMILES string of the molecule is O=C(c1ncc(Cc2ccccc2)o1)N1CCc2ccncc21. The number of anilines is 1. The molecular weight excluding hydrogens is 290 g/mol. The van der Waals surface area contributed by atoms with Gasteiger partial charge in [0.25, 0.3) is 5.89 Å². The van der Waals surface area contributed by atoms with Crippen LogP contribution < -0.4 is 4.90 Å². The van der Waals surface area contributed by atoms with Crippen LogP contribution in [0.5, 0.6) is 0 Å². The summed E-state index contributed by atoms with van der Waals surface area (Å²) in [6, 6.07) is 11.9. The van der Waals surface area contributed by atoms with Crippen LogP contribution in [-0.4, -0.2) is 22.4 Å². The first kappa shape index (κ1) is 13.7. The topological polar surface area (TPSA) is 59.2 Å². The average Bonchev–Trinajstić information content (AvgIpc) is 3.22.